The minimum atomic E-state index is 0.883. The summed E-state index contributed by atoms with van der Waals surface area (Å²) in [6, 6.07) is 16.4. The second kappa shape index (κ2) is 4.74. The fourth-order valence-corrected chi connectivity index (χ4v) is 3.30. The van der Waals surface area contributed by atoms with E-state index in [1.807, 2.05) is 18.2 Å². The molecule has 3 heteroatoms. The molecule has 0 radical (unpaired) electrons. The molecule has 0 N–H and O–H groups in total. The lowest BCUT2D eigenvalue weighted by atomic mass is 10.1. The van der Waals surface area contributed by atoms with E-state index >= 15 is 0 Å². The van der Waals surface area contributed by atoms with Crippen LogP contribution in [0.4, 0.5) is 0 Å². The molecule has 0 aliphatic carbocycles. The number of nitrogens with zero attached hydrogens (tertiary/aromatic N) is 1. The van der Waals surface area contributed by atoms with Crippen LogP contribution in [-0.2, 0) is 7.05 Å². The van der Waals surface area contributed by atoms with E-state index in [0.717, 1.165) is 21.5 Å². The molecule has 0 aliphatic rings. The average molecular weight is 316 g/mol. The first-order valence-corrected chi connectivity index (χ1v) is 6.89. The number of ether oxygens (including phenoxy) is 1. The summed E-state index contributed by atoms with van der Waals surface area (Å²) in [6.07, 6.45) is 0. The van der Waals surface area contributed by atoms with Gasteiger partial charge in [-0.15, -0.1) is 0 Å². The van der Waals surface area contributed by atoms with Gasteiger partial charge in [-0.25, -0.2) is 0 Å². The van der Waals surface area contributed by atoms with E-state index < -0.39 is 0 Å². The van der Waals surface area contributed by atoms with Crippen LogP contribution in [0.15, 0.2) is 53.0 Å². The number of halogens is 1. The Morgan fingerprint density at radius 3 is 2.42 bits per heavy atom. The summed E-state index contributed by atoms with van der Waals surface area (Å²) in [5.74, 6) is 0.883. The van der Waals surface area contributed by atoms with Crippen molar-refractivity contribution in [2.24, 2.45) is 7.05 Å². The fourth-order valence-electron chi connectivity index (χ4n) is 2.49. The van der Waals surface area contributed by atoms with Gasteiger partial charge in [0.25, 0.3) is 0 Å². The van der Waals surface area contributed by atoms with Gasteiger partial charge in [-0.3, -0.25) is 0 Å². The molecule has 2 nitrogen and oxygen atoms in total. The number of benzene rings is 2. The number of para-hydroxylation sites is 2. The summed E-state index contributed by atoms with van der Waals surface area (Å²) in [5.41, 5.74) is 3.43. The van der Waals surface area contributed by atoms with Gasteiger partial charge < -0.3 is 9.30 Å². The molecule has 0 saturated heterocycles. The molecule has 2 aromatic carbocycles. The van der Waals surface area contributed by atoms with Crippen LogP contribution < -0.4 is 4.74 Å². The second-order valence-corrected chi connectivity index (χ2v) is 5.23. The number of methoxy groups -OCH3 is 1. The molecular formula is C16H14BrNO. The summed E-state index contributed by atoms with van der Waals surface area (Å²) in [6.45, 7) is 0. The highest BCUT2D eigenvalue weighted by Crippen LogP contribution is 2.40. The third kappa shape index (κ3) is 1.85. The van der Waals surface area contributed by atoms with Gasteiger partial charge in [-0.05, 0) is 34.1 Å². The van der Waals surface area contributed by atoms with Gasteiger partial charge in [0.1, 0.15) is 5.75 Å². The first-order valence-electron chi connectivity index (χ1n) is 6.10. The van der Waals surface area contributed by atoms with Crippen LogP contribution in [0, 0.1) is 0 Å². The third-order valence-electron chi connectivity index (χ3n) is 3.41. The summed E-state index contributed by atoms with van der Waals surface area (Å²) < 4.78 is 8.77. The monoisotopic (exact) mass is 315 g/mol. The summed E-state index contributed by atoms with van der Waals surface area (Å²) >= 11 is 3.73. The SMILES string of the molecule is COc1ccccc1-c1c(Br)c2ccccc2n1C. The standard InChI is InChI=1S/C16H14BrNO/c1-18-13-9-5-3-7-11(13)15(17)16(18)12-8-4-6-10-14(12)19-2/h3-10H,1-2H3. The summed E-state index contributed by atoms with van der Waals surface area (Å²) in [5, 5.41) is 1.21. The Balaban J connectivity index is 2.37. The van der Waals surface area contributed by atoms with Crippen molar-refractivity contribution in [2.45, 2.75) is 0 Å². The molecule has 1 aromatic heterocycles. The molecule has 0 fully saturated rings. The Morgan fingerprint density at radius 2 is 1.68 bits per heavy atom. The fraction of sp³-hybridized carbons (Fsp3) is 0.125. The van der Waals surface area contributed by atoms with E-state index in [-0.39, 0.29) is 0 Å². The topological polar surface area (TPSA) is 14.2 Å². The van der Waals surface area contributed by atoms with E-state index in [4.69, 9.17) is 4.74 Å². The second-order valence-electron chi connectivity index (χ2n) is 4.44. The molecule has 0 atom stereocenters. The van der Waals surface area contributed by atoms with Crippen LogP contribution in [0.25, 0.3) is 22.2 Å². The van der Waals surface area contributed by atoms with Gasteiger partial charge in [0.2, 0.25) is 0 Å². The molecular weight excluding hydrogens is 302 g/mol. The smallest absolute Gasteiger partial charge is 0.128 e. The number of hydrogen-bond donors (Lipinski definition) is 0. The predicted molar refractivity (Wildman–Crippen MR) is 82.6 cm³/mol. The Kier molecular flexibility index (Phi) is 3.07. The number of aromatic nitrogens is 1. The van der Waals surface area contributed by atoms with Crippen LogP contribution in [0.5, 0.6) is 5.75 Å². The molecule has 96 valence electrons. The van der Waals surface area contributed by atoms with Crippen molar-refractivity contribution in [3.63, 3.8) is 0 Å². The van der Waals surface area contributed by atoms with E-state index in [0.29, 0.717) is 0 Å². The maximum Gasteiger partial charge on any atom is 0.128 e. The highest BCUT2D eigenvalue weighted by molar-refractivity contribution is 9.10. The van der Waals surface area contributed by atoms with Crippen molar-refractivity contribution >= 4 is 26.8 Å². The number of hydrogen-bond acceptors (Lipinski definition) is 1. The van der Waals surface area contributed by atoms with E-state index in [9.17, 15) is 0 Å². The Morgan fingerprint density at radius 1 is 1.00 bits per heavy atom. The molecule has 19 heavy (non-hydrogen) atoms. The lowest BCUT2D eigenvalue weighted by Crippen LogP contribution is -1.94. The highest BCUT2D eigenvalue weighted by atomic mass is 79.9. The maximum absolute atomic E-state index is 5.47. The first-order chi connectivity index (χ1) is 9.24. The molecule has 0 bridgehead atoms. The summed E-state index contributed by atoms with van der Waals surface area (Å²) in [7, 11) is 3.78. The number of aryl methyl sites for hydroxylation is 1. The van der Waals surface area contributed by atoms with Crippen LogP contribution in [0.1, 0.15) is 0 Å². The van der Waals surface area contributed by atoms with Crippen molar-refractivity contribution in [3.05, 3.63) is 53.0 Å². The van der Waals surface area contributed by atoms with Crippen LogP contribution >= 0.6 is 15.9 Å². The zero-order valence-corrected chi connectivity index (χ0v) is 12.4. The Hall–Kier alpha value is -1.74. The predicted octanol–water partition coefficient (Wildman–Crippen LogP) is 4.62. The van der Waals surface area contributed by atoms with Crippen molar-refractivity contribution < 1.29 is 4.74 Å². The first kappa shape index (κ1) is 12.3. The number of fused-ring (bicyclic) bond motifs is 1. The zero-order valence-electron chi connectivity index (χ0n) is 10.9. The van der Waals surface area contributed by atoms with E-state index in [1.54, 1.807) is 7.11 Å². The van der Waals surface area contributed by atoms with Crippen molar-refractivity contribution in [1.82, 2.24) is 4.57 Å². The van der Waals surface area contributed by atoms with Crippen molar-refractivity contribution in [1.29, 1.82) is 0 Å². The van der Waals surface area contributed by atoms with Gasteiger partial charge in [0.05, 0.1) is 17.3 Å². The molecule has 0 aliphatic heterocycles. The molecule has 3 rings (SSSR count). The van der Waals surface area contributed by atoms with Crippen LogP contribution in [0.3, 0.4) is 0 Å². The molecule has 0 unspecified atom stereocenters. The maximum atomic E-state index is 5.47. The van der Waals surface area contributed by atoms with Gasteiger partial charge in [0, 0.05) is 23.5 Å². The quantitative estimate of drug-likeness (QED) is 0.673. The lowest BCUT2D eigenvalue weighted by Gasteiger charge is -2.10. The Bertz CT molecular complexity index is 707. The number of rotatable bonds is 2. The summed E-state index contributed by atoms with van der Waals surface area (Å²) in [4.78, 5) is 0. The van der Waals surface area contributed by atoms with Crippen molar-refractivity contribution in [3.8, 4) is 17.0 Å². The van der Waals surface area contributed by atoms with Gasteiger partial charge in [0.15, 0.2) is 0 Å². The highest BCUT2D eigenvalue weighted by Gasteiger charge is 2.16. The largest absolute Gasteiger partial charge is 0.496 e. The van der Waals surface area contributed by atoms with Crippen molar-refractivity contribution in [2.75, 3.05) is 7.11 Å². The molecule has 3 aromatic rings. The molecule has 0 spiro atoms. The van der Waals surface area contributed by atoms with Crippen LogP contribution in [-0.4, -0.2) is 11.7 Å². The van der Waals surface area contributed by atoms with Gasteiger partial charge >= 0.3 is 0 Å². The van der Waals surface area contributed by atoms with E-state index in [1.165, 1.54) is 10.9 Å². The van der Waals surface area contributed by atoms with Gasteiger partial charge in [-0.2, -0.15) is 0 Å². The van der Waals surface area contributed by atoms with E-state index in [2.05, 4.69) is 57.9 Å². The van der Waals surface area contributed by atoms with Gasteiger partial charge in [-0.1, -0.05) is 30.3 Å². The normalized spacial score (nSPS) is 10.9. The Labute approximate surface area is 120 Å². The minimum absolute atomic E-state index is 0.883. The molecule has 1 heterocycles. The zero-order chi connectivity index (χ0) is 13.4. The average Bonchev–Trinajstić information content (AvgIpc) is 2.71. The third-order valence-corrected chi connectivity index (χ3v) is 4.21. The minimum Gasteiger partial charge on any atom is -0.496 e. The molecule has 0 saturated carbocycles. The molecule has 0 amide bonds. The lowest BCUT2D eigenvalue weighted by molar-refractivity contribution is 0.416. The van der Waals surface area contributed by atoms with Crippen LogP contribution in [0.2, 0.25) is 0 Å².